The minimum absolute atomic E-state index is 0.0420. The van der Waals surface area contributed by atoms with Crippen molar-refractivity contribution in [2.24, 2.45) is 5.10 Å². The van der Waals surface area contributed by atoms with E-state index in [2.05, 4.69) is 5.10 Å². The van der Waals surface area contributed by atoms with E-state index in [1.807, 2.05) is 0 Å². The smallest absolute Gasteiger partial charge is 0.438 e. The number of alkyl halides is 3. The molecule has 10 heteroatoms. The number of benzene rings is 1. The van der Waals surface area contributed by atoms with E-state index in [9.17, 15) is 23.1 Å². The second kappa shape index (κ2) is 7.01. The van der Waals surface area contributed by atoms with Crippen molar-refractivity contribution in [3.63, 3.8) is 0 Å². The van der Waals surface area contributed by atoms with E-state index >= 15 is 0 Å². The second-order valence-electron chi connectivity index (χ2n) is 5.50. The summed E-state index contributed by atoms with van der Waals surface area (Å²) < 4.78 is 45.1. The molecule has 0 fully saturated rings. The lowest BCUT2D eigenvalue weighted by molar-refractivity contribution is -0.303. The Morgan fingerprint density at radius 1 is 1.48 bits per heavy atom. The normalized spacial score (nSPS) is 21.9. The van der Waals surface area contributed by atoms with E-state index in [1.54, 1.807) is 6.92 Å². The first-order valence-electron chi connectivity index (χ1n) is 7.31. The van der Waals surface area contributed by atoms with Gasteiger partial charge in [0.25, 0.3) is 11.6 Å². The molecule has 1 amide bonds. The Kier molecular flexibility index (Phi) is 5.56. The van der Waals surface area contributed by atoms with Crippen molar-refractivity contribution in [1.82, 2.24) is 5.01 Å². The Bertz CT molecular complexity index is 712. The standard InChI is InChI=1S/C15H15Cl2F3N2O3/c1-3-10-7-14(24,15(18,19)20)22(21-10)13(23)8(2)25-12-5-4-9(16)6-11(12)17/h4-6,8,24H,3,7H2,1-2H3/t8-,14+/m1/s1. The zero-order chi connectivity index (χ0) is 19.0. The maximum Gasteiger partial charge on any atom is 0.438 e. The van der Waals surface area contributed by atoms with Gasteiger partial charge in [0.1, 0.15) is 5.75 Å². The van der Waals surface area contributed by atoms with Crippen molar-refractivity contribution in [3.8, 4) is 5.75 Å². The van der Waals surface area contributed by atoms with Crippen LogP contribution in [0.25, 0.3) is 0 Å². The number of nitrogens with zero attached hydrogens (tertiary/aromatic N) is 2. The van der Waals surface area contributed by atoms with Crippen LogP contribution < -0.4 is 4.74 Å². The fourth-order valence-electron chi connectivity index (χ4n) is 2.25. The summed E-state index contributed by atoms with van der Waals surface area (Å²) in [6, 6.07) is 4.20. The molecule has 1 aromatic carbocycles. The van der Waals surface area contributed by atoms with Gasteiger partial charge in [-0.15, -0.1) is 0 Å². The number of amides is 1. The molecule has 0 aromatic heterocycles. The Morgan fingerprint density at radius 3 is 2.64 bits per heavy atom. The third-order valence-electron chi connectivity index (χ3n) is 3.66. The minimum Gasteiger partial charge on any atom is -0.479 e. The number of carbonyl (C=O) groups is 1. The molecule has 0 bridgehead atoms. The largest absolute Gasteiger partial charge is 0.479 e. The Morgan fingerprint density at radius 2 is 2.12 bits per heavy atom. The molecular weight excluding hydrogens is 384 g/mol. The number of carbonyl (C=O) groups excluding carboxylic acids is 1. The van der Waals surface area contributed by atoms with Gasteiger partial charge >= 0.3 is 6.18 Å². The molecule has 1 N–H and O–H groups in total. The highest BCUT2D eigenvalue weighted by Crippen LogP contribution is 2.41. The molecule has 1 heterocycles. The lowest BCUT2D eigenvalue weighted by atomic mass is 10.0. The van der Waals surface area contributed by atoms with Crippen molar-refractivity contribution < 1.29 is 27.8 Å². The Balaban J connectivity index is 2.26. The van der Waals surface area contributed by atoms with E-state index in [-0.39, 0.29) is 27.9 Å². The average Bonchev–Trinajstić information content (AvgIpc) is 2.87. The molecule has 2 atom stereocenters. The third kappa shape index (κ3) is 3.86. The van der Waals surface area contributed by atoms with Gasteiger partial charge in [-0.3, -0.25) is 4.79 Å². The van der Waals surface area contributed by atoms with Gasteiger partial charge in [0.2, 0.25) is 0 Å². The molecule has 0 radical (unpaired) electrons. The molecule has 1 aliphatic rings. The summed E-state index contributed by atoms with van der Waals surface area (Å²) >= 11 is 11.7. The number of aliphatic hydroxyl groups is 1. The molecule has 2 rings (SSSR count). The van der Waals surface area contributed by atoms with Crippen LogP contribution in [0.3, 0.4) is 0 Å². The van der Waals surface area contributed by atoms with Crippen LogP contribution >= 0.6 is 23.2 Å². The van der Waals surface area contributed by atoms with Gasteiger partial charge in [-0.1, -0.05) is 30.1 Å². The average molecular weight is 399 g/mol. The molecule has 1 aliphatic heterocycles. The molecule has 25 heavy (non-hydrogen) atoms. The Hall–Kier alpha value is -1.51. The quantitative estimate of drug-likeness (QED) is 0.833. The maximum absolute atomic E-state index is 13.3. The van der Waals surface area contributed by atoms with Gasteiger partial charge in [0, 0.05) is 17.2 Å². The van der Waals surface area contributed by atoms with Crippen LogP contribution in [0.15, 0.2) is 23.3 Å². The van der Waals surface area contributed by atoms with Crippen molar-refractivity contribution >= 4 is 34.8 Å². The Labute approximate surface area is 152 Å². The van der Waals surface area contributed by atoms with Crippen LogP contribution in [-0.2, 0) is 4.79 Å². The van der Waals surface area contributed by atoms with Crippen LogP contribution in [0.1, 0.15) is 26.7 Å². The number of rotatable bonds is 4. The number of ether oxygens (including phenoxy) is 1. The summed E-state index contributed by atoms with van der Waals surface area (Å²) in [6.07, 6.45) is -7.07. The van der Waals surface area contributed by atoms with Gasteiger partial charge in [0.05, 0.1) is 5.02 Å². The number of hydrogen-bond acceptors (Lipinski definition) is 4. The lowest BCUT2D eigenvalue weighted by Gasteiger charge is -2.33. The fourth-order valence-corrected chi connectivity index (χ4v) is 2.70. The van der Waals surface area contributed by atoms with Crippen LogP contribution in [-0.4, -0.2) is 39.7 Å². The zero-order valence-corrected chi connectivity index (χ0v) is 14.8. The van der Waals surface area contributed by atoms with Gasteiger partial charge in [-0.25, -0.2) is 0 Å². The predicted octanol–water partition coefficient (Wildman–Crippen LogP) is 4.01. The highest BCUT2D eigenvalue weighted by molar-refractivity contribution is 6.35. The first kappa shape index (κ1) is 19.8. The number of halogens is 5. The molecule has 0 aliphatic carbocycles. The van der Waals surface area contributed by atoms with E-state index in [0.717, 1.165) is 0 Å². The van der Waals surface area contributed by atoms with Crippen LogP contribution in [0.4, 0.5) is 13.2 Å². The third-order valence-corrected chi connectivity index (χ3v) is 4.19. The zero-order valence-electron chi connectivity index (χ0n) is 13.3. The van der Waals surface area contributed by atoms with Crippen molar-refractivity contribution in [3.05, 3.63) is 28.2 Å². The van der Waals surface area contributed by atoms with Crippen LogP contribution in [0.5, 0.6) is 5.75 Å². The van der Waals surface area contributed by atoms with Gasteiger partial charge in [-0.2, -0.15) is 23.3 Å². The lowest BCUT2D eigenvalue weighted by Crippen LogP contribution is -2.58. The SMILES string of the molecule is CCC1=NN(C(=O)[C@@H](C)Oc2ccc(Cl)cc2Cl)[C@@](O)(C(F)(F)F)C1. The molecule has 0 saturated carbocycles. The monoisotopic (exact) mass is 398 g/mol. The molecule has 0 unspecified atom stereocenters. The summed E-state index contributed by atoms with van der Waals surface area (Å²) in [4.78, 5) is 12.4. The number of hydrogen-bond donors (Lipinski definition) is 1. The van der Waals surface area contributed by atoms with Gasteiger partial charge < -0.3 is 9.84 Å². The van der Waals surface area contributed by atoms with E-state index in [1.165, 1.54) is 25.1 Å². The first-order valence-corrected chi connectivity index (χ1v) is 8.06. The molecule has 138 valence electrons. The van der Waals surface area contributed by atoms with Crippen molar-refractivity contribution in [2.75, 3.05) is 0 Å². The van der Waals surface area contributed by atoms with Crippen molar-refractivity contribution in [1.29, 1.82) is 0 Å². The predicted molar refractivity (Wildman–Crippen MR) is 86.7 cm³/mol. The topological polar surface area (TPSA) is 62.1 Å². The summed E-state index contributed by atoms with van der Waals surface area (Å²) in [5.74, 6) is -1.07. The molecule has 5 nitrogen and oxygen atoms in total. The van der Waals surface area contributed by atoms with E-state index in [4.69, 9.17) is 27.9 Å². The minimum atomic E-state index is -5.07. The molecule has 0 spiro atoms. The van der Waals surface area contributed by atoms with E-state index in [0.29, 0.717) is 5.02 Å². The maximum atomic E-state index is 13.3. The second-order valence-corrected chi connectivity index (χ2v) is 6.34. The fraction of sp³-hybridized carbons (Fsp3) is 0.467. The summed E-state index contributed by atoms with van der Waals surface area (Å²) in [5.41, 5.74) is -3.33. The van der Waals surface area contributed by atoms with E-state index < -0.39 is 30.3 Å². The summed E-state index contributed by atoms with van der Waals surface area (Å²) in [6.45, 7) is 2.82. The molecular formula is C15H15Cl2F3N2O3. The van der Waals surface area contributed by atoms with Gasteiger partial charge in [0.15, 0.2) is 6.10 Å². The first-order chi connectivity index (χ1) is 11.5. The van der Waals surface area contributed by atoms with Crippen molar-refractivity contribution in [2.45, 2.75) is 44.7 Å². The molecule has 1 aromatic rings. The van der Waals surface area contributed by atoms with Gasteiger partial charge in [-0.05, 0) is 31.5 Å². The molecule has 0 saturated heterocycles. The number of hydrazone groups is 1. The van der Waals surface area contributed by atoms with Crippen LogP contribution in [0.2, 0.25) is 10.0 Å². The highest BCUT2D eigenvalue weighted by Gasteiger charge is 2.63. The summed E-state index contributed by atoms with van der Waals surface area (Å²) in [5, 5.41) is 14.1. The summed E-state index contributed by atoms with van der Waals surface area (Å²) in [7, 11) is 0. The highest BCUT2D eigenvalue weighted by atomic mass is 35.5. The van der Waals surface area contributed by atoms with Crippen LogP contribution in [0, 0.1) is 0 Å².